The smallest absolute Gasteiger partial charge is 0.197 e. The molecule has 0 saturated heterocycles. The van der Waals surface area contributed by atoms with Crippen molar-refractivity contribution in [3.05, 3.63) is 77.8 Å². The number of ketones is 1. The molecule has 21 heavy (non-hydrogen) atoms. The van der Waals surface area contributed by atoms with Gasteiger partial charge in [0.15, 0.2) is 5.78 Å². The molecule has 1 aromatic heterocycles. The molecule has 0 saturated carbocycles. The molecule has 0 aliphatic rings. The summed E-state index contributed by atoms with van der Waals surface area (Å²) in [6.45, 7) is 5.66. The number of allylic oxidation sites excluding steroid dienone is 1. The molecule has 104 valence electrons. The van der Waals surface area contributed by atoms with Gasteiger partial charge in [-0.3, -0.25) is 4.79 Å². The Morgan fingerprint density at radius 1 is 1.10 bits per heavy atom. The quantitative estimate of drug-likeness (QED) is 0.643. The highest BCUT2D eigenvalue weighted by molar-refractivity contribution is 6.18. The van der Waals surface area contributed by atoms with Crippen LogP contribution in [-0.2, 0) is 0 Å². The molecule has 0 aliphatic carbocycles. The molecular formula is C18H13FO2. The lowest BCUT2D eigenvalue weighted by Crippen LogP contribution is -2.03. The van der Waals surface area contributed by atoms with Crippen molar-refractivity contribution < 1.29 is 13.6 Å². The number of rotatable bonds is 3. The van der Waals surface area contributed by atoms with Crippen LogP contribution in [-0.4, -0.2) is 5.78 Å². The monoisotopic (exact) mass is 280 g/mol. The molecule has 0 N–H and O–H groups in total. The number of carbonyl (C=O) groups is 1. The first kappa shape index (κ1) is 13.3. The maximum absolute atomic E-state index is 13.0. The average molecular weight is 280 g/mol. The molecule has 3 rings (SSSR count). The van der Waals surface area contributed by atoms with Crippen molar-refractivity contribution in [2.45, 2.75) is 6.92 Å². The first-order valence-electron chi connectivity index (χ1n) is 6.55. The van der Waals surface area contributed by atoms with Crippen molar-refractivity contribution in [1.82, 2.24) is 0 Å². The van der Waals surface area contributed by atoms with Gasteiger partial charge in [0.2, 0.25) is 0 Å². The van der Waals surface area contributed by atoms with Crippen molar-refractivity contribution in [3.8, 4) is 0 Å². The summed E-state index contributed by atoms with van der Waals surface area (Å²) in [6, 6.07) is 12.8. The minimum atomic E-state index is -0.372. The van der Waals surface area contributed by atoms with E-state index in [1.807, 2.05) is 24.3 Å². The minimum absolute atomic E-state index is 0.196. The second kappa shape index (κ2) is 5.02. The van der Waals surface area contributed by atoms with Gasteiger partial charge in [-0.15, -0.1) is 0 Å². The summed E-state index contributed by atoms with van der Waals surface area (Å²) < 4.78 is 18.7. The Morgan fingerprint density at radius 2 is 1.76 bits per heavy atom. The molecule has 0 radical (unpaired) electrons. The molecule has 3 heteroatoms. The number of hydrogen-bond acceptors (Lipinski definition) is 2. The van der Waals surface area contributed by atoms with Crippen LogP contribution in [0.1, 0.15) is 28.6 Å². The molecule has 0 atom stereocenters. The average Bonchev–Trinajstić information content (AvgIpc) is 2.87. The van der Waals surface area contributed by atoms with Gasteiger partial charge in [-0.2, -0.15) is 0 Å². The molecular weight excluding hydrogens is 267 g/mol. The number of furan rings is 1. The van der Waals surface area contributed by atoms with Crippen LogP contribution in [0.4, 0.5) is 4.39 Å². The largest absolute Gasteiger partial charge is 0.456 e. The molecule has 0 aliphatic heterocycles. The van der Waals surface area contributed by atoms with Gasteiger partial charge >= 0.3 is 0 Å². The summed E-state index contributed by atoms with van der Waals surface area (Å²) in [6.07, 6.45) is 0. The van der Waals surface area contributed by atoms with E-state index in [4.69, 9.17) is 4.42 Å². The van der Waals surface area contributed by atoms with Crippen LogP contribution in [0.3, 0.4) is 0 Å². The van der Waals surface area contributed by atoms with Gasteiger partial charge in [-0.1, -0.05) is 24.8 Å². The third-order valence-electron chi connectivity index (χ3n) is 3.32. The van der Waals surface area contributed by atoms with Gasteiger partial charge in [-0.05, 0) is 42.8 Å². The van der Waals surface area contributed by atoms with Crippen LogP contribution in [0.2, 0.25) is 0 Å². The van der Waals surface area contributed by atoms with E-state index in [1.165, 1.54) is 24.3 Å². The summed E-state index contributed by atoms with van der Waals surface area (Å²) in [7, 11) is 0. The van der Waals surface area contributed by atoms with E-state index >= 15 is 0 Å². The molecule has 2 aromatic carbocycles. The fourth-order valence-corrected chi connectivity index (χ4v) is 2.32. The highest BCUT2D eigenvalue weighted by atomic mass is 19.1. The number of halogens is 1. The molecule has 0 fully saturated rings. The highest BCUT2D eigenvalue weighted by Crippen LogP contribution is 2.31. The Bertz CT molecular complexity index is 841. The summed E-state index contributed by atoms with van der Waals surface area (Å²) >= 11 is 0. The van der Waals surface area contributed by atoms with Crippen molar-refractivity contribution in [3.63, 3.8) is 0 Å². The Hall–Kier alpha value is -2.68. The topological polar surface area (TPSA) is 30.2 Å². The van der Waals surface area contributed by atoms with E-state index in [0.29, 0.717) is 28.0 Å². The number of carbonyl (C=O) groups excluding carboxylic acids is 1. The lowest BCUT2D eigenvalue weighted by Gasteiger charge is -2.02. The van der Waals surface area contributed by atoms with E-state index < -0.39 is 0 Å². The predicted molar refractivity (Wildman–Crippen MR) is 80.8 cm³/mol. The van der Waals surface area contributed by atoms with Gasteiger partial charge in [0.1, 0.15) is 17.2 Å². The SMILES string of the molecule is C=C(C)c1oc2ccccc2c1C(=O)c1ccc(F)cc1. The standard InChI is InChI=1S/C18H13FO2/c1-11(2)18-16(14-5-3-4-6-15(14)21-18)17(20)12-7-9-13(19)10-8-12/h3-10H,1H2,2H3. The zero-order chi connectivity index (χ0) is 15.0. The first-order valence-corrected chi connectivity index (χ1v) is 6.55. The number of fused-ring (bicyclic) bond motifs is 1. The summed E-state index contributed by atoms with van der Waals surface area (Å²) in [5.41, 5.74) is 2.22. The van der Waals surface area contributed by atoms with Crippen LogP contribution in [0.25, 0.3) is 16.5 Å². The number of benzene rings is 2. The van der Waals surface area contributed by atoms with Crippen molar-refractivity contribution >= 4 is 22.3 Å². The Kier molecular flexibility index (Phi) is 3.18. The van der Waals surface area contributed by atoms with Crippen molar-refractivity contribution in [1.29, 1.82) is 0 Å². The van der Waals surface area contributed by atoms with Crippen LogP contribution < -0.4 is 0 Å². The lowest BCUT2D eigenvalue weighted by atomic mass is 9.98. The summed E-state index contributed by atoms with van der Waals surface area (Å²) in [5.74, 6) is -0.0906. The Labute approximate surface area is 121 Å². The fraction of sp³-hybridized carbons (Fsp3) is 0.0556. The van der Waals surface area contributed by atoms with E-state index in [2.05, 4.69) is 6.58 Å². The molecule has 1 heterocycles. The van der Waals surface area contributed by atoms with E-state index in [1.54, 1.807) is 6.92 Å². The normalized spacial score (nSPS) is 10.8. The Morgan fingerprint density at radius 3 is 2.43 bits per heavy atom. The second-order valence-electron chi connectivity index (χ2n) is 4.92. The van der Waals surface area contributed by atoms with Crippen LogP contribution >= 0.6 is 0 Å². The second-order valence-corrected chi connectivity index (χ2v) is 4.92. The van der Waals surface area contributed by atoms with Gasteiger partial charge < -0.3 is 4.42 Å². The van der Waals surface area contributed by atoms with E-state index in [0.717, 1.165) is 5.39 Å². The van der Waals surface area contributed by atoms with Crippen molar-refractivity contribution in [2.75, 3.05) is 0 Å². The van der Waals surface area contributed by atoms with Gasteiger partial charge in [0.25, 0.3) is 0 Å². The summed E-state index contributed by atoms with van der Waals surface area (Å²) in [5, 5.41) is 0.741. The lowest BCUT2D eigenvalue weighted by molar-refractivity contribution is 0.103. The molecule has 0 amide bonds. The van der Waals surface area contributed by atoms with E-state index in [9.17, 15) is 9.18 Å². The van der Waals surface area contributed by atoms with Crippen LogP contribution in [0.15, 0.2) is 59.5 Å². The molecule has 0 unspecified atom stereocenters. The third-order valence-corrected chi connectivity index (χ3v) is 3.32. The molecule has 3 aromatic rings. The maximum Gasteiger partial charge on any atom is 0.197 e. The van der Waals surface area contributed by atoms with Gasteiger partial charge in [0, 0.05) is 10.9 Å². The van der Waals surface area contributed by atoms with Crippen molar-refractivity contribution in [2.24, 2.45) is 0 Å². The highest BCUT2D eigenvalue weighted by Gasteiger charge is 2.22. The van der Waals surface area contributed by atoms with Crippen LogP contribution in [0, 0.1) is 5.82 Å². The number of para-hydroxylation sites is 1. The molecule has 0 spiro atoms. The Balaban J connectivity index is 2.23. The first-order chi connectivity index (χ1) is 10.1. The minimum Gasteiger partial charge on any atom is -0.456 e. The molecule has 0 bridgehead atoms. The van der Waals surface area contributed by atoms with Crippen LogP contribution in [0.5, 0.6) is 0 Å². The van der Waals surface area contributed by atoms with E-state index in [-0.39, 0.29) is 11.6 Å². The van der Waals surface area contributed by atoms with Gasteiger partial charge in [-0.25, -0.2) is 4.39 Å². The maximum atomic E-state index is 13.0. The summed E-state index contributed by atoms with van der Waals surface area (Å²) in [4.78, 5) is 12.7. The zero-order valence-electron chi connectivity index (χ0n) is 11.5. The van der Waals surface area contributed by atoms with Gasteiger partial charge in [0.05, 0.1) is 5.56 Å². The molecule has 2 nitrogen and oxygen atoms in total. The third kappa shape index (κ3) is 2.27. The number of hydrogen-bond donors (Lipinski definition) is 0. The fourth-order valence-electron chi connectivity index (χ4n) is 2.32. The zero-order valence-corrected chi connectivity index (χ0v) is 11.5. The predicted octanol–water partition coefficient (Wildman–Crippen LogP) is 4.84.